The Bertz CT molecular complexity index is 959. The van der Waals surface area contributed by atoms with Gasteiger partial charge in [-0.2, -0.15) is 5.10 Å². The number of aromatic amines is 1. The van der Waals surface area contributed by atoms with Crippen molar-refractivity contribution in [2.45, 2.75) is 31.6 Å². The summed E-state index contributed by atoms with van der Waals surface area (Å²) in [5.74, 6) is -0.935. The van der Waals surface area contributed by atoms with Crippen molar-refractivity contribution < 1.29 is 13.6 Å². The second kappa shape index (κ2) is 8.28. The average Bonchev–Trinajstić information content (AvgIpc) is 3.31. The number of nitrogens with one attached hydrogen (secondary N) is 3. The summed E-state index contributed by atoms with van der Waals surface area (Å²) in [6.45, 7) is 2.79. The standard InChI is InChI=1S/C19H21F2N5O.ClH/c1-11(12-7-23-24-8-12)26-10-13(18-14(20)3-2-4-17(18)26)19(27)25-16-5-6-22-9-15(16)21;/h2-4,7-8,10-11,15-16,22H,5-6,9H2,1H3,(H,23,24)(H,25,27);1H. The third-order valence-electron chi connectivity index (χ3n) is 5.20. The molecular weight excluding hydrogens is 388 g/mol. The summed E-state index contributed by atoms with van der Waals surface area (Å²) in [4.78, 5) is 12.9. The van der Waals surface area contributed by atoms with Gasteiger partial charge in [0.05, 0.1) is 29.4 Å². The van der Waals surface area contributed by atoms with Crippen LogP contribution in [0.15, 0.2) is 36.8 Å². The maximum Gasteiger partial charge on any atom is 0.253 e. The van der Waals surface area contributed by atoms with E-state index in [-0.39, 0.29) is 35.9 Å². The molecule has 1 aliphatic heterocycles. The van der Waals surface area contributed by atoms with Gasteiger partial charge in [-0.15, -0.1) is 12.4 Å². The molecule has 1 amide bonds. The molecule has 0 radical (unpaired) electrons. The molecule has 3 unspecified atom stereocenters. The van der Waals surface area contributed by atoms with Crippen molar-refractivity contribution in [3.8, 4) is 0 Å². The zero-order valence-electron chi connectivity index (χ0n) is 15.3. The molecule has 6 nitrogen and oxygen atoms in total. The van der Waals surface area contributed by atoms with Crippen LogP contribution in [-0.4, -0.2) is 46.0 Å². The summed E-state index contributed by atoms with van der Waals surface area (Å²) in [6, 6.07) is 3.99. The van der Waals surface area contributed by atoms with E-state index < -0.39 is 23.9 Å². The molecule has 28 heavy (non-hydrogen) atoms. The van der Waals surface area contributed by atoms with Crippen LogP contribution in [0.5, 0.6) is 0 Å². The number of alkyl halides is 1. The fourth-order valence-corrected chi connectivity index (χ4v) is 3.64. The first kappa shape index (κ1) is 20.3. The number of carbonyl (C=O) groups excluding carboxylic acids is 1. The number of aromatic nitrogens is 3. The minimum absolute atomic E-state index is 0. The average molecular weight is 410 g/mol. The van der Waals surface area contributed by atoms with Gasteiger partial charge in [0.25, 0.3) is 5.91 Å². The summed E-state index contributed by atoms with van der Waals surface area (Å²) in [5.41, 5.74) is 1.73. The molecule has 2 aromatic heterocycles. The number of amides is 1. The van der Waals surface area contributed by atoms with E-state index in [1.165, 1.54) is 6.07 Å². The quantitative estimate of drug-likeness (QED) is 0.620. The molecule has 0 saturated carbocycles. The normalized spacial score (nSPS) is 20.5. The number of benzene rings is 1. The van der Waals surface area contributed by atoms with E-state index in [0.717, 1.165) is 5.56 Å². The van der Waals surface area contributed by atoms with Gasteiger partial charge >= 0.3 is 0 Å². The van der Waals surface area contributed by atoms with Crippen LogP contribution in [0.25, 0.3) is 10.9 Å². The van der Waals surface area contributed by atoms with Crippen LogP contribution < -0.4 is 10.6 Å². The second-order valence-electron chi connectivity index (χ2n) is 6.88. The highest BCUT2D eigenvalue weighted by Crippen LogP contribution is 2.30. The van der Waals surface area contributed by atoms with E-state index in [4.69, 9.17) is 0 Å². The Balaban J connectivity index is 0.00000225. The number of nitrogens with zero attached hydrogens (tertiary/aromatic N) is 2. The predicted molar refractivity (Wildman–Crippen MR) is 105 cm³/mol. The molecule has 0 aliphatic carbocycles. The van der Waals surface area contributed by atoms with E-state index >= 15 is 0 Å². The van der Waals surface area contributed by atoms with Crippen molar-refractivity contribution >= 4 is 29.2 Å². The molecule has 4 rings (SSSR count). The lowest BCUT2D eigenvalue weighted by molar-refractivity contribution is 0.0893. The largest absolute Gasteiger partial charge is 0.346 e. The van der Waals surface area contributed by atoms with Gasteiger partial charge in [-0.25, -0.2) is 8.78 Å². The van der Waals surface area contributed by atoms with Gasteiger partial charge < -0.3 is 15.2 Å². The molecule has 3 N–H and O–H groups in total. The first-order chi connectivity index (χ1) is 13.1. The highest BCUT2D eigenvalue weighted by Gasteiger charge is 2.28. The zero-order chi connectivity index (χ0) is 19.0. The van der Waals surface area contributed by atoms with Crippen LogP contribution >= 0.6 is 12.4 Å². The number of H-pyrrole nitrogens is 1. The van der Waals surface area contributed by atoms with E-state index in [9.17, 15) is 13.6 Å². The summed E-state index contributed by atoms with van der Waals surface area (Å²) in [5, 5.41) is 12.7. The SMILES string of the molecule is CC(c1cn[nH]c1)n1cc(C(=O)NC2CCNCC2F)c2c(F)cccc21.Cl. The summed E-state index contributed by atoms with van der Waals surface area (Å²) in [6.07, 6.45) is 4.43. The first-order valence-corrected chi connectivity index (χ1v) is 8.99. The summed E-state index contributed by atoms with van der Waals surface area (Å²) in [7, 11) is 0. The topological polar surface area (TPSA) is 74.7 Å². The van der Waals surface area contributed by atoms with Crippen LogP contribution in [0, 0.1) is 5.82 Å². The monoisotopic (exact) mass is 409 g/mol. The van der Waals surface area contributed by atoms with Gasteiger partial charge in [0.15, 0.2) is 0 Å². The van der Waals surface area contributed by atoms with Gasteiger partial charge in [0.1, 0.15) is 12.0 Å². The van der Waals surface area contributed by atoms with Crippen LogP contribution in [-0.2, 0) is 0 Å². The smallest absolute Gasteiger partial charge is 0.253 e. The van der Waals surface area contributed by atoms with Crippen LogP contribution in [0.2, 0.25) is 0 Å². The maximum atomic E-state index is 14.6. The number of rotatable bonds is 4. The fraction of sp³-hybridized carbons (Fsp3) is 0.368. The van der Waals surface area contributed by atoms with E-state index in [0.29, 0.717) is 18.5 Å². The maximum absolute atomic E-state index is 14.6. The minimum atomic E-state index is -1.16. The Kier molecular flexibility index (Phi) is 6.00. The lowest BCUT2D eigenvalue weighted by Crippen LogP contribution is -2.50. The van der Waals surface area contributed by atoms with Gasteiger partial charge in [0.2, 0.25) is 0 Å². The Morgan fingerprint density at radius 3 is 2.96 bits per heavy atom. The van der Waals surface area contributed by atoms with Gasteiger partial charge in [-0.3, -0.25) is 9.89 Å². The lowest BCUT2D eigenvalue weighted by atomic mass is 10.0. The van der Waals surface area contributed by atoms with Crippen molar-refractivity contribution in [1.82, 2.24) is 25.4 Å². The Morgan fingerprint density at radius 1 is 1.43 bits per heavy atom. The third kappa shape index (κ3) is 3.62. The fourth-order valence-electron chi connectivity index (χ4n) is 3.64. The van der Waals surface area contributed by atoms with Gasteiger partial charge in [-0.05, 0) is 32.0 Å². The molecule has 1 aliphatic rings. The molecule has 3 aromatic rings. The minimum Gasteiger partial charge on any atom is -0.346 e. The predicted octanol–water partition coefficient (Wildman–Crippen LogP) is 2.96. The second-order valence-corrected chi connectivity index (χ2v) is 6.88. The number of carbonyl (C=O) groups is 1. The molecular formula is C19H22ClF2N5O. The van der Waals surface area contributed by atoms with E-state index in [1.54, 1.807) is 30.7 Å². The lowest BCUT2D eigenvalue weighted by Gasteiger charge is -2.27. The number of piperidine rings is 1. The highest BCUT2D eigenvalue weighted by molar-refractivity contribution is 6.07. The van der Waals surface area contributed by atoms with Crippen LogP contribution in [0.1, 0.15) is 35.3 Å². The number of hydrogen-bond acceptors (Lipinski definition) is 3. The molecule has 0 spiro atoms. The first-order valence-electron chi connectivity index (χ1n) is 8.99. The molecule has 1 saturated heterocycles. The zero-order valence-corrected chi connectivity index (χ0v) is 16.1. The molecule has 150 valence electrons. The molecule has 3 atom stereocenters. The van der Waals surface area contributed by atoms with Crippen LogP contribution in [0.3, 0.4) is 0 Å². The highest BCUT2D eigenvalue weighted by atomic mass is 35.5. The Hall–Kier alpha value is -2.45. The van der Waals surface area contributed by atoms with Crippen molar-refractivity contribution in [2.24, 2.45) is 0 Å². The van der Waals surface area contributed by atoms with Crippen molar-refractivity contribution in [1.29, 1.82) is 0 Å². The molecule has 1 aromatic carbocycles. The van der Waals surface area contributed by atoms with E-state index in [2.05, 4.69) is 20.8 Å². The summed E-state index contributed by atoms with van der Waals surface area (Å²) < 4.78 is 30.5. The van der Waals surface area contributed by atoms with Crippen molar-refractivity contribution in [2.75, 3.05) is 13.1 Å². The third-order valence-corrected chi connectivity index (χ3v) is 5.20. The molecule has 9 heteroatoms. The number of halogens is 3. The summed E-state index contributed by atoms with van der Waals surface area (Å²) >= 11 is 0. The van der Waals surface area contributed by atoms with Gasteiger partial charge in [0, 0.05) is 29.9 Å². The van der Waals surface area contributed by atoms with Crippen molar-refractivity contribution in [3.05, 3.63) is 53.7 Å². The Labute approximate surface area is 167 Å². The van der Waals surface area contributed by atoms with Crippen LogP contribution in [0.4, 0.5) is 8.78 Å². The van der Waals surface area contributed by atoms with Gasteiger partial charge in [-0.1, -0.05) is 6.07 Å². The number of fused-ring (bicyclic) bond motifs is 1. The molecule has 1 fully saturated rings. The van der Waals surface area contributed by atoms with E-state index in [1.807, 2.05) is 11.5 Å². The number of hydrogen-bond donors (Lipinski definition) is 3. The Morgan fingerprint density at radius 2 is 2.25 bits per heavy atom. The molecule has 3 heterocycles. The molecule has 0 bridgehead atoms. The van der Waals surface area contributed by atoms with Crippen molar-refractivity contribution in [3.63, 3.8) is 0 Å².